The summed E-state index contributed by atoms with van der Waals surface area (Å²) in [6.07, 6.45) is 1.66. The average Bonchev–Trinajstić information content (AvgIpc) is 2.42. The maximum atomic E-state index is 8.61. The van der Waals surface area contributed by atoms with Crippen LogP contribution in [0.5, 0.6) is 11.5 Å². The zero-order valence-electron chi connectivity index (χ0n) is 11.5. The Bertz CT molecular complexity index is 514. The van der Waals surface area contributed by atoms with Gasteiger partial charge in [-0.25, -0.2) is 0 Å². The van der Waals surface area contributed by atoms with Crippen molar-refractivity contribution >= 4 is 0 Å². The summed E-state index contributed by atoms with van der Waals surface area (Å²) in [5.74, 6) is 1.57. The largest absolute Gasteiger partial charge is 0.457 e. The van der Waals surface area contributed by atoms with Crippen LogP contribution in [0.3, 0.4) is 0 Å². The van der Waals surface area contributed by atoms with Crippen LogP contribution in [0.2, 0.25) is 0 Å². The van der Waals surface area contributed by atoms with Crippen molar-refractivity contribution in [3.05, 3.63) is 60.2 Å². The summed E-state index contributed by atoms with van der Waals surface area (Å²) in [5.41, 5.74) is 0.968. The minimum absolute atomic E-state index is 0.409. The van der Waals surface area contributed by atoms with E-state index in [1.165, 1.54) is 6.42 Å². The predicted molar refractivity (Wildman–Crippen MR) is 78.2 cm³/mol. The van der Waals surface area contributed by atoms with Gasteiger partial charge in [0.15, 0.2) is 0 Å². The van der Waals surface area contributed by atoms with Crippen molar-refractivity contribution in [1.29, 1.82) is 5.26 Å². The highest BCUT2D eigenvalue weighted by Gasteiger charge is 1.98. The van der Waals surface area contributed by atoms with E-state index >= 15 is 0 Å². The van der Waals surface area contributed by atoms with E-state index in [9.17, 15) is 0 Å². The van der Waals surface area contributed by atoms with Crippen LogP contribution >= 0.6 is 0 Å². The Balaban J connectivity index is 0.000000550. The molecule has 0 bridgehead atoms. The Morgan fingerprint density at radius 2 is 1.58 bits per heavy atom. The molecule has 2 nitrogen and oxygen atoms in total. The smallest absolute Gasteiger partial charge is 0.127 e. The SMILES string of the molecule is CCC.N#CCc1cccc(Oc2ccccc2)c1. The van der Waals surface area contributed by atoms with Gasteiger partial charge in [0, 0.05) is 0 Å². The second-order valence-corrected chi connectivity index (χ2v) is 4.10. The van der Waals surface area contributed by atoms with Crippen LogP contribution in [0.25, 0.3) is 0 Å². The summed E-state index contributed by atoms with van der Waals surface area (Å²) < 4.78 is 5.66. The summed E-state index contributed by atoms with van der Waals surface area (Å²) in [5, 5.41) is 8.61. The molecule has 0 aliphatic rings. The Morgan fingerprint density at radius 1 is 0.947 bits per heavy atom. The molecule has 0 N–H and O–H groups in total. The molecule has 19 heavy (non-hydrogen) atoms. The third kappa shape index (κ3) is 5.74. The van der Waals surface area contributed by atoms with Crippen LogP contribution in [0.1, 0.15) is 25.8 Å². The summed E-state index contributed by atoms with van der Waals surface area (Å²) in [7, 11) is 0. The highest BCUT2D eigenvalue weighted by atomic mass is 16.5. The van der Waals surface area contributed by atoms with Gasteiger partial charge in [-0.3, -0.25) is 0 Å². The van der Waals surface area contributed by atoms with E-state index in [4.69, 9.17) is 10.00 Å². The van der Waals surface area contributed by atoms with Gasteiger partial charge in [-0.05, 0) is 29.8 Å². The first-order valence-corrected chi connectivity index (χ1v) is 6.49. The number of benzene rings is 2. The highest BCUT2D eigenvalue weighted by Crippen LogP contribution is 2.21. The molecule has 0 saturated heterocycles. The van der Waals surface area contributed by atoms with Crippen molar-refractivity contribution in [2.45, 2.75) is 26.7 Å². The maximum absolute atomic E-state index is 8.61. The number of rotatable bonds is 3. The number of hydrogen-bond donors (Lipinski definition) is 0. The van der Waals surface area contributed by atoms with Gasteiger partial charge in [0.2, 0.25) is 0 Å². The lowest BCUT2D eigenvalue weighted by Gasteiger charge is -2.05. The predicted octanol–water partition coefficient (Wildman–Crippen LogP) is 4.96. The fourth-order valence-electron chi connectivity index (χ4n) is 1.43. The summed E-state index contributed by atoms with van der Waals surface area (Å²) >= 11 is 0. The minimum atomic E-state index is 0.409. The lowest BCUT2D eigenvalue weighted by molar-refractivity contribution is 0.482. The van der Waals surface area contributed by atoms with Gasteiger partial charge in [0.05, 0.1) is 12.5 Å². The van der Waals surface area contributed by atoms with Gasteiger partial charge in [-0.15, -0.1) is 0 Å². The molecule has 0 aromatic heterocycles. The van der Waals surface area contributed by atoms with E-state index in [1.54, 1.807) is 0 Å². The van der Waals surface area contributed by atoms with E-state index in [-0.39, 0.29) is 0 Å². The lowest BCUT2D eigenvalue weighted by Crippen LogP contribution is -1.86. The first-order valence-electron chi connectivity index (χ1n) is 6.49. The van der Waals surface area contributed by atoms with E-state index in [1.807, 2.05) is 54.6 Å². The van der Waals surface area contributed by atoms with Crippen LogP contribution in [0.4, 0.5) is 0 Å². The molecule has 0 radical (unpaired) electrons. The quantitative estimate of drug-likeness (QED) is 0.774. The first kappa shape index (κ1) is 14.8. The van der Waals surface area contributed by atoms with Crippen molar-refractivity contribution < 1.29 is 4.74 Å². The Kier molecular flexibility index (Phi) is 6.82. The topological polar surface area (TPSA) is 33.0 Å². The number of nitrogens with zero attached hydrogens (tertiary/aromatic N) is 1. The fraction of sp³-hybridized carbons (Fsp3) is 0.235. The van der Waals surface area contributed by atoms with Crippen LogP contribution in [0, 0.1) is 11.3 Å². The van der Waals surface area contributed by atoms with Gasteiger partial charge in [0.25, 0.3) is 0 Å². The molecule has 2 aromatic carbocycles. The molecule has 0 saturated carbocycles. The molecule has 0 heterocycles. The van der Waals surface area contributed by atoms with Crippen molar-refractivity contribution in [2.24, 2.45) is 0 Å². The summed E-state index contributed by atoms with van der Waals surface area (Å²) in [6.45, 7) is 4.25. The minimum Gasteiger partial charge on any atom is -0.457 e. The monoisotopic (exact) mass is 253 g/mol. The zero-order chi connectivity index (χ0) is 13.9. The van der Waals surface area contributed by atoms with Gasteiger partial charge >= 0.3 is 0 Å². The van der Waals surface area contributed by atoms with E-state index in [0.717, 1.165) is 17.1 Å². The Hall–Kier alpha value is -2.27. The maximum Gasteiger partial charge on any atom is 0.127 e. The second-order valence-electron chi connectivity index (χ2n) is 4.10. The Labute approximate surface area is 115 Å². The molecule has 0 aliphatic carbocycles. The van der Waals surface area contributed by atoms with Crippen molar-refractivity contribution in [2.75, 3.05) is 0 Å². The van der Waals surface area contributed by atoms with E-state index in [2.05, 4.69) is 19.9 Å². The number of ether oxygens (including phenoxy) is 1. The van der Waals surface area contributed by atoms with Crippen LogP contribution < -0.4 is 4.74 Å². The van der Waals surface area contributed by atoms with Gasteiger partial charge in [0.1, 0.15) is 11.5 Å². The normalized spacial score (nSPS) is 8.89. The molecule has 98 valence electrons. The van der Waals surface area contributed by atoms with Crippen molar-refractivity contribution in [3.63, 3.8) is 0 Å². The highest BCUT2D eigenvalue weighted by molar-refractivity contribution is 5.34. The van der Waals surface area contributed by atoms with Gasteiger partial charge < -0.3 is 4.74 Å². The molecular weight excluding hydrogens is 234 g/mol. The molecule has 0 spiro atoms. The molecule has 2 heteroatoms. The molecule has 2 aromatic rings. The standard InChI is InChI=1S/C14H11NO.C3H8/c15-10-9-12-5-4-8-14(11-12)16-13-6-2-1-3-7-13;1-3-2/h1-8,11H,9H2;3H2,1-2H3. The van der Waals surface area contributed by atoms with Crippen LogP contribution in [0.15, 0.2) is 54.6 Å². The number of hydrogen-bond acceptors (Lipinski definition) is 2. The fourth-order valence-corrected chi connectivity index (χ4v) is 1.43. The summed E-state index contributed by atoms with van der Waals surface area (Å²) in [4.78, 5) is 0. The van der Waals surface area contributed by atoms with Crippen LogP contribution in [-0.4, -0.2) is 0 Å². The van der Waals surface area contributed by atoms with Gasteiger partial charge in [-0.2, -0.15) is 5.26 Å². The molecule has 2 rings (SSSR count). The number of para-hydroxylation sites is 1. The van der Waals surface area contributed by atoms with Crippen molar-refractivity contribution in [1.82, 2.24) is 0 Å². The van der Waals surface area contributed by atoms with E-state index in [0.29, 0.717) is 6.42 Å². The molecule has 0 aliphatic heterocycles. The van der Waals surface area contributed by atoms with E-state index < -0.39 is 0 Å². The molecular formula is C17H19NO. The second kappa shape index (κ2) is 8.77. The van der Waals surface area contributed by atoms with Crippen molar-refractivity contribution in [3.8, 4) is 17.6 Å². The lowest BCUT2D eigenvalue weighted by atomic mass is 10.1. The third-order valence-corrected chi connectivity index (χ3v) is 2.16. The Morgan fingerprint density at radius 3 is 2.21 bits per heavy atom. The third-order valence-electron chi connectivity index (χ3n) is 2.16. The molecule has 0 atom stereocenters. The summed E-state index contributed by atoms with van der Waals surface area (Å²) in [6, 6.07) is 19.3. The molecule has 0 unspecified atom stereocenters. The first-order chi connectivity index (χ1) is 9.30. The average molecular weight is 253 g/mol. The molecule has 0 amide bonds. The molecule has 0 fully saturated rings. The van der Waals surface area contributed by atoms with Crippen LogP contribution in [-0.2, 0) is 6.42 Å². The zero-order valence-corrected chi connectivity index (χ0v) is 11.5. The van der Waals surface area contributed by atoms with Gasteiger partial charge in [-0.1, -0.05) is 50.6 Å². The number of nitriles is 1.